The molecule has 0 aromatic carbocycles. The molecule has 5 heteroatoms. The summed E-state index contributed by atoms with van der Waals surface area (Å²) < 4.78 is 5.07. The summed E-state index contributed by atoms with van der Waals surface area (Å²) >= 11 is 0. The molecule has 1 aromatic rings. The number of carbonyl (C=O) groups excluding carboxylic acids is 1. The van der Waals surface area contributed by atoms with E-state index in [4.69, 9.17) is 4.52 Å². The number of amides is 1. The first-order valence-corrected chi connectivity index (χ1v) is 5.84. The van der Waals surface area contributed by atoms with Crippen molar-refractivity contribution in [3.05, 3.63) is 11.7 Å². The highest BCUT2D eigenvalue weighted by atomic mass is 16.5. The third-order valence-electron chi connectivity index (χ3n) is 2.15. The van der Waals surface area contributed by atoms with Gasteiger partial charge in [0.15, 0.2) is 5.82 Å². The van der Waals surface area contributed by atoms with Gasteiger partial charge in [0.25, 0.3) is 0 Å². The third-order valence-corrected chi connectivity index (χ3v) is 2.15. The number of rotatable bonds is 7. The molecule has 16 heavy (non-hydrogen) atoms. The summed E-state index contributed by atoms with van der Waals surface area (Å²) in [7, 11) is 0. The predicted octanol–water partition coefficient (Wildman–Crippen LogP) is 1.48. The van der Waals surface area contributed by atoms with Crippen LogP contribution in [0, 0.1) is 0 Å². The second-order valence-electron chi connectivity index (χ2n) is 3.66. The maximum absolute atomic E-state index is 11.2. The maximum atomic E-state index is 11.2. The van der Waals surface area contributed by atoms with E-state index < -0.39 is 0 Å². The lowest BCUT2D eigenvalue weighted by atomic mass is 10.2. The fraction of sp³-hybridized carbons (Fsp3) is 0.727. The van der Waals surface area contributed by atoms with Crippen LogP contribution in [0.4, 0.5) is 0 Å². The standard InChI is InChI=1S/C11H19N3O2/c1-3-6-9-13-11(16-14-9)8-5-7-10(15)12-4-2/h3-8H2,1-2H3,(H,12,15). The van der Waals surface area contributed by atoms with Crippen LogP contribution in [0.5, 0.6) is 0 Å². The normalized spacial score (nSPS) is 10.4. The first kappa shape index (κ1) is 12.7. The lowest BCUT2D eigenvalue weighted by Crippen LogP contribution is -2.22. The molecule has 1 N–H and O–H groups in total. The van der Waals surface area contributed by atoms with Crippen LogP contribution in [0.25, 0.3) is 0 Å². The molecule has 0 saturated heterocycles. The van der Waals surface area contributed by atoms with Crippen molar-refractivity contribution in [1.29, 1.82) is 0 Å². The average molecular weight is 225 g/mol. The molecule has 0 unspecified atom stereocenters. The van der Waals surface area contributed by atoms with Gasteiger partial charge in [-0.3, -0.25) is 4.79 Å². The number of aromatic nitrogens is 2. The van der Waals surface area contributed by atoms with Crippen molar-refractivity contribution in [3.63, 3.8) is 0 Å². The molecular weight excluding hydrogens is 206 g/mol. The van der Waals surface area contributed by atoms with Gasteiger partial charge in [-0.2, -0.15) is 4.98 Å². The lowest BCUT2D eigenvalue weighted by molar-refractivity contribution is -0.121. The highest BCUT2D eigenvalue weighted by Gasteiger charge is 2.06. The number of hydrogen-bond acceptors (Lipinski definition) is 4. The molecule has 0 aliphatic rings. The van der Waals surface area contributed by atoms with E-state index in [9.17, 15) is 4.79 Å². The maximum Gasteiger partial charge on any atom is 0.226 e. The summed E-state index contributed by atoms with van der Waals surface area (Å²) in [4.78, 5) is 15.4. The predicted molar refractivity (Wildman–Crippen MR) is 59.9 cm³/mol. The number of hydrogen-bond donors (Lipinski definition) is 1. The monoisotopic (exact) mass is 225 g/mol. The Morgan fingerprint density at radius 1 is 1.38 bits per heavy atom. The summed E-state index contributed by atoms with van der Waals surface area (Å²) in [6.07, 6.45) is 3.80. The molecule has 0 saturated carbocycles. The largest absolute Gasteiger partial charge is 0.356 e. The number of nitrogens with one attached hydrogen (secondary N) is 1. The molecule has 5 nitrogen and oxygen atoms in total. The molecule has 0 bridgehead atoms. The second-order valence-corrected chi connectivity index (χ2v) is 3.66. The van der Waals surface area contributed by atoms with Crippen LogP contribution < -0.4 is 5.32 Å². The van der Waals surface area contributed by atoms with Crippen LogP contribution in [0.1, 0.15) is 44.8 Å². The van der Waals surface area contributed by atoms with Crippen molar-refractivity contribution in [3.8, 4) is 0 Å². The summed E-state index contributed by atoms with van der Waals surface area (Å²) in [6.45, 7) is 4.66. The molecule has 0 spiro atoms. The molecule has 1 heterocycles. The van der Waals surface area contributed by atoms with Gasteiger partial charge < -0.3 is 9.84 Å². The highest BCUT2D eigenvalue weighted by Crippen LogP contribution is 2.04. The van der Waals surface area contributed by atoms with Crippen LogP contribution in [-0.2, 0) is 17.6 Å². The van der Waals surface area contributed by atoms with E-state index in [1.54, 1.807) is 0 Å². The molecule has 90 valence electrons. The van der Waals surface area contributed by atoms with E-state index in [1.165, 1.54) is 0 Å². The second kappa shape index (κ2) is 6.98. The minimum atomic E-state index is 0.0794. The Hall–Kier alpha value is -1.39. The van der Waals surface area contributed by atoms with Crippen molar-refractivity contribution in [1.82, 2.24) is 15.5 Å². The topological polar surface area (TPSA) is 68.0 Å². The van der Waals surface area contributed by atoms with E-state index in [2.05, 4.69) is 22.4 Å². The molecule has 0 radical (unpaired) electrons. The van der Waals surface area contributed by atoms with Crippen LogP contribution in [0.15, 0.2) is 4.52 Å². The lowest BCUT2D eigenvalue weighted by Gasteiger charge is -1.99. The summed E-state index contributed by atoms with van der Waals surface area (Å²) in [5, 5.41) is 6.61. The molecular formula is C11H19N3O2. The number of nitrogens with zero attached hydrogens (tertiary/aromatic N) is 2. The smallest absolute Gasteiger partial charge is 0.226 e. The van der Waals surface area contributed by atoms with Crippen LogP contribution in [-0.4, -0.2) is 22.6 Å². The molecule has 0 aliphatic carbocycles. The minimum Gasteiger partial charge on any atom is -0.356 e. The van der Waals surface area contributed by atoms with Gasteiger partial charge >= 0.3 is 0 Å². The molecule has 1 amide bonds. The minimum absolute atomic E-state index is 0.0794. The van der Waals surface area contributed by atoms with E-state index in [0.717, 1.165) is 25.1 Å². The van der Waals surface area contributed by atoms with E-state index in [0.29, 0.717) is 25.3 Å². The van der Waals surface area contributed by atoms with Gasteiger partial charge in [-0.1, -0.05) is 12.1 Å². The summed E-state index contributed by atoms with van der Waals surface area (Å²) in [5.74, 6) is 1.47. The van der Waals surface area contributed by atoms with Crippen LogP contribution >= 0.6 is 0 Å². The zero-order valence-electron chi connectivity index (χ0n) is 9.95. The van der Waals surface area contributed by atoms with Gasteiger partial charge in [-0.25, -0.2) is 0 Å². The zero-order valence-corrected chi connectivity index (χ0v) is 9.95. The van der Waals surface area contributed by atoms with Crippen molar-refractivity contribution >= 4 is 5.91 Å². The van der Waals surface area contributed by atoms with Gasteiger partial charge in [0.2, 0.25) is 11.8 Å². The van der Waals surface area contributed by atoms with Crippen molar-refractivity contribution in [2.75, 3.05) is 6.54 Å². The molecule has 0 aliphatic heterocycles. The Bertz CT molecular complexity index is 323. The van der Waals surface area contributed by atoms with Gasteiger partial charge in [-0.15, -0.1) is 0 Å². The van der Waals surface area contributed by atoms with Crippen molar-refractivity contribution < 1.29 is 9.32 Å². The first-order chi connectivity index (χ1) is 7.76. The van der Waals surface area contributed by atoms with Gasteiger partial charge in [0.05, 0.1) is 0 Å². The Kier molecular flexibility index (Phi) is 5.53. The highest BCUT2D eigenvalue weighted by molar-refractivity contribution is 5.75. The van der Waals surface area contributed by atoms with E-state index in [1.807, 2.05) is 6.92 Å². The number of aryl methyl sites for hydroxylation is 2. The molecule has 0 fully saturated rings. The Morgan fingerprint density at radius 3 is 2.88 bits per heavy atom. The van der Waals surface area contributed by atoms with Gasteiger partial charge in [0.1, 0.15) is 0 Å². The first-order valence-electron chi connectivity index (χ1n) is 5.84. The van der Waals surface area contributed by atoms with Crippen LogP contribution in [0.2, 0.25) is 0 Å². The summed E-state index contributed by atoms with van der Waals surface area (Å²) in [5.41, 5.74) is 0. The van der Waals surface area contributed by atoms with Gasteiger partial charge in [-0.05, 0) is 19.8 Å². The molecule has 1 rings (SSSR count). The van der Waals surface area contributed by atoms with E-state index >= 15 is 0 Å². The Balaban J connectivity index is 2.23. The van der Waals surface area contributed by atoms with Gasteiger partial charge in [0, 0.05) is 25.8 Å². The zero-order chi connectivity index (χ0) is 11.8. The molecule has 1 aromatic heterocycles. The van der Waals surface area contributed by atoms with E-state index in [-0.39, 0.29) is 5.91 Å². The summed E-state index contributed by atoms with van der Waals surface area (Å²) in [6, 6.07) is 0. The van der Waals surface area contributed by atoms with Crippen molar-refractivity contribution in [2.24, 2.45) is 0 Å². The Morgan fingerprint density at radius 2 is 2.19 bits per heavy atom. The van der Waals surface area contributed by atoms with Crippen LogP contribution in [0.3, 0.4) is 0 Å². The Labute approximate surface area is 95.6 Å². The SMILES string of the molecule is CCCc1noc(CCCC(=O)NCC)n1. The van der Waals surface area contributed by atoms with Crippen molar-refractivity contribution in [2.45, 2.75) is 46.0 Å². The third kappa shape index (κ3) is 4.42. The molecule has 0 atom stereocenters. The fourth-order valence-corrected chi connectivity index (χ4v) is 1.40. The number of carbonyl (C=O) groups is 1. The fourth-order valence-electron chi connectivity index (χ4n) is 1.40. The quantitative estimate of drug-likeness (QED) is 0.763. The average Bonchev–Trinajstić information content (AvgIpc) is 2.67.